The molecule has 100 valence electrons. The Morgan fingerprint density at radius 1 is 1.26 bits per heavy atom. The molecule has 3 rings (SSSR count). The highest BCUT2D eigenvalue weighted by Crippen LogP contribution is 2.28. The average Bonchev–Trinajstić information content (AvgIpc) is 2.92. The molecule has 1 aromatic carbocycles. The van der Waals surface area contributed by atoms with Crippen molar-refractivity contribution < 1.29 is 0 Å². The molecule has 1 fully saturated rings. The van der Waals surface area contributed by atoms with Gasteiger partial charge in [0.1, 0.15) is 0 Å². The van der Waals surface area contributed by atoms with Crippen molar-refractivity contribution in [3.8, 4) is 5.69 Å². The zero-order chi connectivity index (χ0) is 13.2. The molecule has 5 heteroatoms. The Bertz CT molecular complexity index is 574. The summed E-state index contributed by atoms with van der Waals surface area (Å²) in [4.78, 5) is 4.28. The Morgan fingerprint density at radius 3 is 2.89 bits per heavy atom. The van der Waals surface area contributed by atoms with Gasteiger partial charge in [0.15, 0.2) is 0 Å². The summed E-state index contributed by atoms with van der Waals surface area (Å²) >= 11 is 12.1. The number of nitrogens with zero attached hydrogens (tertiary/aromatic N) is 2. The van der Waals surface area contributed by atoms with Gasteiger partial charge in [-0.2, -0.15) is 0 Å². The van der Waals surface area contributed by atoms with E-state index < -0.39 is 0 Å². The van der Waals surface area contributed by atoms with E-state index in [0.29, 0.717) is 16.0 Å². The second kappa shape index (κ2) is 5.53. The SMILES string of the molecule is Clc1ccc(-n2cncc2C2CCCNC2)cc1Cl. The number of hydrogen-bond acceptors (Lipinski definition) is 2. The van der Waals surface area contributed by atoms with Crippen LogP contribution in [0.5, 0.6) is 0 Å². The lowest BCUT2D eigenvalue weighted by molar-refractivity contribution is 0.451. The van der Waals surface area contributed by atoms with Crippen LogP contribution in [0.1, 0.15) is 24.5 Å². The fourth-order valence-corrected chi connectivity index (χ4v) is 2.85. The van der Waals surface area contributed by atoms with Crippen molar-refractivity contribution in [3.63, 3.8) is 0 Å². The van der Waals surface area contributed by atoms with Crippen LogP contribution in [0.3, 0.4) is 0 Å². The van der Waals surface area contributed by atoms with E-state index in [0.717, 1.165) is 18.8 Å². The van der Waals surface area contributed by atoms with Crippen LogP contribution in [-0.2, 0) is 0 Å². The Labute approximate surface area is 122 Å². The molecule has 0 amide bonds. The first kappa shape index (κ1) is 13.0. The lowest BCUT2D eigenvalue weighted by Gasteiger charge is -2.23. The van der Waals surface area contributed by atoms with Gasteiger partial charge < -0.3 is 9.88 Å². The third-order valence-electron chi connectivity index (χ3n) is 3.56. The smallest absolute Gasteiger partial charge is 0.0994 e. The predicted molar refractivity (Wildman–Crippen MR) is 78.4 cm³/mol. The van der Waals surface area contributed by atoms with Gasteiger partial charge in [-0.25, -0.2) is 4.98 Å². The van der Waals surface area contributed by atoms with Crippen molar-refractivity contribution in [2.45, 2.75) is 18.8 Å². The molecule has 19 heavy (non-hydrogen) atoms. The summed E-state index contributed by atoms with van der Waals surface area (Å²) in [6, 6.07) is 5.67. The number of rotatable bonds is 2. The van der Waals surface area contributed by atoms with Crippen molar-refractivity contribution in [1.82, 2.24) is 14.9 Å². The van der Waals surface area contributed by atoms with Gasteiger partial charge >= 0.3 is 0 Å². The van der Waals surface area contributed by atoms with Crippen LogP contribution in [0.4, 0.5) is 0 Å². The van der Waals surface area contributed by atoms with Gasteiger partial charge in [0.05, 0.1) is 16.4 Å². The van der Waals surface area contributed by atoms with E-state index in [1.807, 2.05) is 30.7 Å². The molecule has 1 atom stereocenters. The summed E-state index contributed by atoms with van der Waals surface area (Å²) in [6.07, 6.45) is 6.18. The molecule has 0 spiro atoms. The van der Waals surface area contributed by atoms with Crippen LogP contribution in [0.2, 0.25) is 10.0 Å². The van der Waals surface area contributed by atoms with Crippen LogP contribution < -0.4 is 5.32 Å². The van der Waals surface area contributed by atoms with E-state index in [4.69, 9.17) is 23.2 Å². The van der Waals surface area contributed by atoms with Crippen LogP contribution in [0, 0.1) is 0 Å². The van der Waals surface area contributed by atoms with Crippen molar-refractivity contribution in [3.05, 3.63) is 46.5 Å². The molecule has 3 nitrogen and oxygen atoms in total. The molecule has 1 saturated heterocycles. The lowest BCUT2D eigenvalue weighted by Crippen LogP contribution is -2.29. The molecule has 1 aromatic heterocycles. The van der Waals surface area contributed by atoms with Crippen LogP contribution in [0.25, 0.3) is 5.69 Å². The minimum absolute atomic E-state index is 0.505. The number of imidazole rings is 1. The Hall–Kier alpha value is -1.03. The lowest BCUT2D eigenvalue weighted by atomic mass is 9.96. The number of aromatic nitrogens is 2. The zero-order valence-corrected chi connectivity index (χ0v) is 12.0. The minimum atomic E-state index is 0.505. The Kier molecular flexibility index (Phi) is 3.78. The molecule has 1 aliphatic rings. The van der Waals surface area contributed by atoms with Gasteiger partial charge in [0.2, 0.25) is 0 Å². The van der Waals surface area contributed by atoms with Gasteiger partial charge in [0.25, 0.3) is 0 Å². The minimum Gasteiger partial charge on any atom is -0.316 e. The molecular weight excluding hydrogens is 281 g/mol. The molecule has 0 aliphatic carbocycles. The normalized spacial score (nSPS) is 19.6. The molecule has 0 bridgehead atoms. The zero-order valence-electron chi connectivity index (χ0n) is 10.4. The van der Waals surface area contributed by atoms with Crippen molar-refractivity contribution >= 4 is 23.2 Å². The van der Waals surface area contributed by atoms with E-state index in [-0.39, 0.29) is 0 Å². The summed E-state index contributed by atoms with van der Waals surface area (Å²) in [7, 11) is 0. The standard InChI is InChI=1S/C14H15Cl2N3/c15-12-4-3-11(6-13(12)16)19-9-18-8-14(19)10-2-1-5-17-7-10/h3-4,6,8-10,17H,1-2,5,7H2. The predicted octanol–water partition coefficient (Wildman–Crippen LogP) is 3.65. The molecule has 1 N–H and O–H groups in total. The summed E-state index contributed by atoms with van der Waals surface area (Å²) in [5.41, 5.74) is 2.23. The van der Waals surface area contributed by atoms with Crippen LogP contribution >= 0.6 is 23.2 Å². The van der Waals surface area contributed by atoms with E-state index in [2.05, 4.69) is 14.9 Å². The number of benzene rings is 1. The number of nitrogens with one attached hydrogen (secondary N) is 1. The molecule has 1 unspecified atom stereocenters. The van der Waals surface area contributed by atoms with Gasteiger partial charge in [-0.05, 0) is 37.6 Å². The third-order valence-corrected chi connectivity index (χ3v) is 4.30. The van der Waals surface area contributed by atoms with Crippen LogP contribution in [-0.4, -0.2) is 22.6 Å². The molecular formula is C14H15Cl2N3. The second-order valence-electron chi connectivity index (χ2n) is 4.83. The van der Waals surface area contributed by atoms with Gasteiger partial charge in [-0.1, -0.05) is 23.2 Å². The topological polar surface area (TPSA) is 29.9 Å². The molecule has 2 aromatic rings. The molecule has 0 saturated carbocycles. The van der Waals surface area contributed by atoms with E-state index in [1.54, 1.807) is 0 Å². The Morgan fingerprint density at radius 2 is 2.16 bits per heavy atom. The first-order chi connectivity index (χ1) is 9.25. The molecule has 1 aliphatic heterocycles. The summed E-state index contributed by atoms with van der Waals surface area (Å²) < 4.78 is 2.10. The fraction of sp³-hybridized carbons (Fsp3) is 0.357. The quantitative estimate of drug-likeness (QED) is 0.917. The summed E-state index contributed by atoms with van der Waals surface area (Å²) in [5, 5.41) is 4.58. The highest BCUT2D eigenvalue weighted by Gasteiger charge is 2.19. The summed E-state index contributed by atoms with van der Waals surface area (Å²) in [6.45, 7) is 2.12. The number of halogens is 2. The Balaban J connectivity index is 1.96. The second-order valence-corrected chi connectivity index (χ2v) is 5.64. The fourth-order valence-electron chi connectivity index (χ4n) is 2.56. The average molecular weight is 296 g/mol. The largest absolute Gasteiger partial charge is 0.316 e. The number of hydrogen-bond donors (Lipinski definition) is 1. The van der Waals surface area contributed by atoms with E-state index in [9.17, 15) is 0 Å². The van der Waals surface area contributed by atoms with E-state index in [1.165, 1.54) is 18.5 Å². The maximum Gasteiger partial charge on any atom is 0.0994 e. The first-order valence-corrected chi connectivity index (χ1v) is 7.19. The molecule has 0 radical (unpaired) electrons. The maximum atomic E-state index is 6.09. The van der Waals surface area contributed by atoms with Gasteiger partial charge in [-0.3, -0.25) is 0 Å². The first-order valence-electron chi connectivity index (χ1n) is 6.44. The van der Waals surface area contributed by atoms with E-state index >= 15 is 0 Å². The summed E-state index contributed by atoms with van der Waals surface area (Å²) in [5.74, 6) is 0.505. The van der Waals surface area contributed by atoms with Gasteiger partial charge in [-0.15, -0.1) is 0 Å². The highest BCUT2D eigenvalue weighted by molar-refractivity contribution is 6.42. The van der Waals surface area contributed by atoms with Crippen LogP contribution in [0.15, 0.2) is 30.7 Å². The van der Waals surface area contributed by atoms with Crippen molar-refractivity contribution in [2.24, 2.45) is 0 Å². The number of piperidine rings is 1. The van der Waals surface area contributed by atoms with Crippen molar-refractivity contribution in [2.75, 3.05) is 13.1 Å². The molecule has 2 heterocycles. The monoisotopic (exact) mass is 295 g/mol. The third kappa shape index (κ3) is 2.64. The highest BCUT2D eigenvalue weighted by atomic mass is 35.5. The van der Waals surface area contributed by atoms with Crippen molar-refractivity contribution in [1.29, 1.82) is 0 Å². The maximum absolute atomic E-state index is 6.09. The van der Waals surface area contributed by atoms with Gasteiger partial charge in [0, 0.05) is 30.0 Å².